The van der Waals surface area contributed by atoms with E-state index in [9.17, 15) is 4.79 Å². The lowest BCUT2D eigenvalue weighted by Crippen LogP contribution is -2.23. The molecule has 0 bridgehead atoms. The fourth-order valence-electron chi connectivity index (χ4n) is 2.28. The molecule has 1 aromatic carbocycles. The van der Waals surface area contributed by atoms with Gasteiger partial charge in [0.2, 0.25) is 0 Å². The summed E-state index contributed by atoms with van der Waals surface area (Å²) < 4.78 is 1.72. The van der Waals surface area contributed by atoms with Crippen LogP contribution in [0.5, 0.6) is 0 Å². The van der Waals surface area contributed by atoms with Crippen LogP contribution in [0.2, 0.25) is 0 Å². The van der Waals surface area contributed by atoms with Crippen LogP contribution < -0.4 is 10.6 Å². The number of aryl methyl sites for hydroxylation is 1. The first-order valence-electron chi connectivity index (χ1n) is 6.36. The van der Waals surface area contributed by atoms with Gasteiger partial charge in [0.15, 0.2) is 0 Å². The van der Waals surface area contributed by atoms with Crippen molar-refractivity contribution in [3.63, 3.8) is 0 Å². The van der Waals surface area contributed by atoms with Crippen molar-refractivity contribution in [1.82, 2.24) is 15.1 Å². The normalized spacial score (nSPS) is 12.9. The minimum Gasteiger partial charge on any atom is -0.384 e. The van der Waals surface area contributed by atoms with E-state index in [1.807, 2.05) is 37.5 Å². The number of hydrogen-bond donors (Lipinski definition) is 2. The van der Waals surface area contributed by atoms with Gasteiger partial charge in [-0.3, -0.25) is 9.48 Å². The fourth-order valence-corrected chi connectivity index (χ4v) is 2.28. The molecule has 2 N–H and O–H groups in total. The van der Waals surface area contributed by atoms with Gasteiger partial charge in [-0.25, -0.2) is 0 Å². The van der Waals surface area contributed by atoms with Crippen molar-refractivity contribution in [3.05, 3.63) is 47.3 Å². The Kier molecular flexibility index (Phi) is 2.95. The van der Waals surface area contributed by atoms with Crippen molar-refractivity contribution in [3.8, 4) is 0 Å². The molecule has 0 aliphatic carbocycles. The second kappa shape index (κ2) is 4.76. The van der Waals surface area contributed by atoms with Gasteiger partial charge in [0.1, 0.15) is 0 Å². The summed E-state index contributed by atoms with van der Waals surface area (Å²) in [5.41, 5.74) is 3.92. The molecule has 0 unspecified atom stereocenters. The van der Waals surface area contributed by atoms with E-state index in [1.54, 1.807) is 4.68 Å². The third-order valence-corrected chi connectivity index (χ3v) is 3.28. The first-order chi connectivity index (χ1) is 9.22. The Morgan fingerprint density at radius 2 is 2.37 bits per heavy atom. The lowest BCUT2D eigenvalue weighted by Gasteiger charge is -2.05. The minimum absolute atomic E-state index is 0.0552. The largest absolute Gasteiger partial charge is 0.384 e. The molecule has 2 heterocycles. The number of nitrogens with one attached hydrogen (secondary N) is 2. The van der Waals surface area contributed by atoms with Crippen LogP contribution in [0, 0.1) is 0 Å². The smallest absolute Gasteiger partial charge is 0.251 e. The second-order valence-corrected chi connectivity index (χ2v) is 4.71. The third kappa shape index (κ3) is 2.45. The van der Waals surface area contributed by atoms with Crippen LogP contribution in [0.25, 0.3) is 0 Å². The standard InChI is InChI=1S/C14H16N4O/c1-18-7-5-12(17-18)9-16-14(19)11-2-3-13-10(8-11)4-6-15-13/h2-3,5,7-8,15H,4,6,9H2,1H3,(H,16,19). The van der Waals surface area contributed by atoms with Crippen LogP contribution in [0.1, 0.15) is 21.6 Å². The van der Waals surface area contributed by atoms with Crippen molar-refractivity contribution in [2.75, 3.05) is 11.9 Å². The molecule has 19 heavy (non-hydrogen) atoms. The molecule has 1 aliphatic heterocycles. The Morgan fingerprint density at radius 3 is 3.16 bits per heavy atom. The minimum atomic E-state index is -0.0552. The number of rotatable bonds is 3. The van der Waals surface area contributed by atoms with E-state index in [0.717, 1.165) is 24.3 Å². The third-order valence-electron chi connectivity index (χ3n) is 3.28. The maximum atomic E-state index is 12.1. The number of fused-ring (bicyclic) bond motifs is 1. The average molecular weight is 256 g/mol. The van der Waals surface area contributed by atoms with Gasteiger partial charge in [-0.15, -0.1) is 0 Å². The SMILES string of the molecule is Cn1ccc(CNC(=O)c2ccc3c(c2)CCN3)n1. The maximum absolute atomic E-state index is 12.1. The van der Waals surface area contributed by atoms with Crippen molar-refractivity contribution in [2.45, 2.75) is 13.0 Å². The molecule has 5 nitrogen and oxygen atoms in total. The Bertz CT molecular complexity index is 618. The number of amides is 1. The summed E-state index contributed by atoms with van der Waals surface area (Å²) in [6, 6.07) is 7.68. The summed E-state index contributed by atoms with van der Waals surface area (Å²) in [6.45, 7) is 1.41. The second-order valence-electron chi connectivity index (χ2n) is 4.71. The molecule has 0 saturated heterocycles. The van der Waals surface area contributed by atoms with Gasteiger partial charge >= 0.3 is 0 Å². The van der Waals surface area contributed by atoms with Crippen molar-refractivity contribution in [2.24, 2.45) is 7.05 Å². The molecule has 0 fully saturated rings. The summed E-state index contributed by atoms with van der Waals surface area (Å²) in [5.74, 6) is -0.0552. The number of anilines is 1. The predicted molar refractivity (Wildman–Crippen MR) is 73.0 cm³/mol. The first kappa shape index (κ1) is 11.8. The zero-order chi connectivity index (χ0) is 13.2. The molecule has 3 rings (SSSR count). The lowest BCUT2D eigenvalue weighted by atomic mass is 10.1. The molecule has 98 valence electrons. The highest BCUT2D eigenvalue weighted by molar-refractivity contribution is 5.95. The Labute approximate surface area is 111 Å². The van der Waals surface area contributed by atoms with Gasteiger partial charge in [-0.2, -0.15) is 5.10 Å². The maximum Gasteiger partial charge on any atom is 0.251 e. The van der Waals surface area contributed by atoms with E-state index in [0.29, 0.717) is 12.1 Å². The zero-order valence-corrected chi connectivity index (χ0v) is 10.8. The number of aromatic nitrogens is 2. The van der Waals surface area contributed by atoms with Crippen LogP contribution in [-0.2, 0) is 20.0 Å². The van der Waals surface area contributed by atoms with Crippen LogP contribution in [0.15, 0.2) is 30.5 Å². The van der Waals surface area contributed by atoms with Gasteiger partial charge in [0, 0.05) is 31.0 Å². The first-order valence-corrected chi connectivity index (χ1v) is 6.36. The molecule has 1 amide bonds. The number of carbonyl (C=O) groups is 1. The Balaban J connectivity index is 1.67. The molecular formula is C14H16N4O. The quantitative estimate of drug-likeness (QED) is 0.870. The molecule has 0 spiro atoms. The lowest BCUT2D eigenvalue weighted by molar-refractivity contribution is 0.0950. The van der Waals surface area contributed by atoms with Gasteiger partial charge in [0.25, 0.3) is 5.91 Å². The highest BCUT2D eigenvalue weighted by Gasteiger charge is 2.13. The van der Waals surface area contributed by atoms with Gasteiger partial charge in [-0.1, -0.05) is 0 Å². The fraction of sp³-hybridized carbons (Fsp3) is 0.286. The van der Waals surface area contributed by atoms with E-state index in [-0.39, 0.29) is 5.91 Å². The number of hydrogen-bond acceptors (Lipinski definition) is 3. The predicted octanol–water partition coefficient (Wildman–Crippen LogP) is 1.32. The molecule has 1 aliphatic rings. The molecule has 1 aromatic heterocycles. The average Bonchev–Trinajstić information content (AvgIpc) is 3.03. The highest BCUT2D eigenvalue weighted by atomic mass is 16.1. The summed E-state index contributed by atoms with van der Waals surface area (Å²) in [7, 11) is 1.86. The number of nitrogens with zero attached hydrogens (tertiary/aromatic N) is 2. The summed E-state index contributed by atoms with van der Waals surface area (Å²) in [5, 5.41) is 10.4. The van der Waals surface area contributed by atoms with Crippen LogP contribution in [0.4, 0.5) is 5.69 Å². The summed E-state index contributed by atoms with van der Waals surface area (Å²) >= 11 is 0. The van der Waals surface area contributed by atoms with Crippen molar-refractivity contribution < 1.29 is 4.79 Å². The van der Waals surface area contributed by atoms with Gasteiger partial charge in [-0.05, 0) is 36.2 Å². The Hall–Kier alpha value is -2.30. The topological polar surface area (TPSA) is 59.0 Å². The molecule has 0 radical (unpaired) electrons. The van der Waals surface area contributed by atoms with E-state index in [2.05, 4.69) is 15.7 Å². The molecule has 5 heteroatoms. The summed E-state index contributed by atoms with van der Waals surface area (Å²) in [4.78, 5) is 12.1. The number of benzene rings is 1. The van der Waals surface area contributed by atoms with Gasteiger partial charge < -0.3 is 10.6 Å². The molecule has 0 atom stereocenters. The monoisotopic (exact) mass is 256 g/mol. The Morgan fingerprint density at radius 1 is 1.47 bits per heavy atom. The van der Waals surface area contributed by atoms with E-state index < -0.39 is 0 Å². The van der Waals surface area contributed by atoms with E-state index >= 15 is 0 Å². The molecular weight excluding hydrogens is 240 g/mol. The van der Waals surface area contributed by atoms with Crippen LogP contribution in [-0.4, -0.2) is 22.2 Å². The van der Waals surface area contributed by atoms with E-state index in [1.165, 1.54) is 5.56 Å². The van der Waals surface area contributed by atoms with E-state index in [4.69, 9.17) is 0 Å². The van der Waals surface area contributed by atoms with Crippen molar-refractivity contribution in [1.29, 1.82) is 0 Å². The van der Waals surface area contributed by atoms with Crippen LogP contribution >= 0.6 is 0 Å². The van der Waals surface area contributed by atoms with Gasteiger partial charge in [0.05, 0.1) is 12.2 Å². The van der Waals surface area contributed by atoms with Crippen LogP contribution in [0.3, 0.4) is 0 Å². The highest BCUT2D eigenvalue weighted by Crippen LogP contribution is 2.22. The summed E-state index contributed by atoms with van der Waals surface area (Å²) in [6.07, 6.45) is 2.85. The molecule has 2 aromatic rings. The number of carbonyl (C=O) groups excluding carboxylic acids is 1. The zero-order valence-electron chi connectivity index (χ0n) is 10.8. The van der Waals surface area contributed by atoms with Crippen molar-refractivity contribution >= 4 is 11.6 Å². The molecule has 0 saturated carbocycles.